The number of nitrogens with zero attached hydrogens (tertiary/aromatic N) is 2. The Kier molecular flexibility index (Phi) is 10.7. The van der Waals surface area contributed by atoms with Crippen molar-refractivity contribution in [2.24, 2.45) is 5.92 Å². The molecule has 0 saturated carbocycles. The number of aromatic nitrogens is 2. The second kappa shape index (κ2) is 15.9. The van der Waals surface area contributed by atoms with Crippen molar-refractivity contribution >= 4 is 34.7 Å². The number of carbonyl (C=O) groups excluding carboxylic acids is 1. The van der Waals surface area contributed by atoms with Crippen LogP contribution in [-0.4, -0.2) is 43.9 Å². The second-order valence-corrected chi connectivity index (χ2v) is 13.7. The van der Waals surface area contributed by atoms with Crippen LogP contribution >= 0.6 is 11.8 Å². The number of aliphatic hydroxyl groups is 1. The van der Waals surface area contributed by atoms with Gasteiger partial charge in [0, 0.05) is 28.7 Å². The number of amides is 1. The van der Waals surface area contributed by atoms with Gasteiger partial charge >= 0.3 is 5.97 Å². The molecule has 1 saturated heterocycles. The molecule has 2 heterocycles. The van der Waals surface area contributed by atoms with Gasteiger partial charge in [-0.25, -0.2) is 9.78 Å². The molecule has 5 aromatic carbocycles. The fraction of sp³-hybridized carbons (Fsp3) is 0.190. The number of carbonyl (C=O) groups is 2. The van der Waals surface area contributed by atoms with Crippen LogP contribution in [0.25, 0.3) is 22.2 Å². The summed E-state index contributed by atoms with van der Waals surface area (Å²) in [7, 11) is 0. The molecule has 262 valence electrons. The van der Waals surface area contributed by atoms with E-state index < -0.39 is 12.3 Å². The van der Waals surface area contributed by atoms with Gasteiger partial charge in [0.15, 0.2) is 6.29 Å². The van der Waals surface area contributed by atoms with E-state index in [9.17, 15) is 19.8 Å². The molecule has 1 aliphatic rings. The fourth-order valence-electron chi connectivity index (χ4n) is 6.32. The van der Waals surface area contributed by atoms with E-state index in [0.29, 0.717) is 22.7 Å². The van der Waals surface area contributed by atoms with Crippen LogP contribution in [0.3, 0.4) is 0 Å². The summed E-state index contributed by atoms with van der Waals surface area (Å²) in [6.45, 7) is 2.35. The average molecular weight is 712 g/mol. The van der Waals surface area contributed by atoms with E-state index in [1.54, 1.807) is 12.1 Å². The van der Waals surface area contributed by atoms with E-state index in [2.05, 4.69) is 28.3 Å². The maximum Gasteiger partial charge on any atom is 0.336 e. The third-order valence-electron chi connectivity index (χ3n) is 9.20. The first-order valence-corrected chi connectivity index (χ1v) is 18.0. The summed E-state index contributed by atoms with van der Waals surface area (Å²) in [6, 6.07) is 38.2. The van der Waals surface area contributed by atoms with E-state index >= 15 is 0 Å². The van der Waals surface area contributed by atoms with Crippen LogP contribution < -0.4 is 5.32 Å². The van der Waals surface area contributed by atoms with Crippen molar-refractivity contribution in [3.05, 3.63) is 161 Å². The predicted molar refractivity (Wildman–Crippen MR) is 200 cm³/mol. The van der Waals surface area contributed by atoms with Gasteiger partial charge in [-0.05, 0) is 64.2 Å². The van der Waals surface area contributed by atoms with Crippen molar-refractivity contribution in [2.45, 2.75) is 43.5 Å². The van der Waals surface area contributed by atoms with Gasteiger partial charge in [0.2, 0.25) is 0 Å². The highest BCUT2D eigenvalue weighted by atomic mass is 32.2. The number of para-hydroxylation sites is 2. The molecule has 1 amide bonds. The summed E-state index contributed by atoms with van der Waals surface area (Å²) >= 11 is 1.46. The maximum absolute atomic E-state index is 12.9. The minimum absolute atomic E-state index is 0.0468. The fourth-order valence-corrected chi connectivity index (χ4v) is 7.53. The molecule has 0 bridgehead atoms. The van der Waals surface area contributed by atoms with Crippen LogP contribution in [0.2, 0.25) is 0 Å². The number of carboxylic acids is 1. The molecule has 0 aliphatic carbocycles. The first-order chi connectivity index (χ1) is 25.4. The van der Waals surface area contributed by atoms with Gasteiger partial charge in [-0.2, -0.15) is 0 Å². The van der Waals surface area contributed by atoms with Crippen LogP contribution in [0.4, 0.5) is 0 Å². The van der Waals surface area contributed by atoms with E-state index in [1.807, 2.05) is 103 Å². The number of aromatic carboxylic acids is 1. The van der Waals surface area contributed by atoms with Crippen LogP contribution in [0, 0.1) is 5.92 Å². The third kappa shape index (κ3) is 7.90. The van der Waals surface area contributed by atoms with Gasteiger partial charge in [-0.15, -0.1) is 11.8 Å². The Morgan fingerprint density at radius 2 is 1.52 bits per heavy atom. The SMILES string of the molecule is C[C@@H]1[C@H](CSc2ccccc2C(=O)O)O[C@H](c2cccc(-c3cccc(CNC(=O)c4cnc5ccccc5n4)c3)c2)O[C@@H]1c1ccc(CO)cc1. The van der Waals surface area contributed by atoms with Gasteiger partial charge in [0.05, 0.1) is 41.6 Å². The summed E-state index contributed by atoms with van der Waals surface area (Å²) in [6.07, 6.45) is 0.220. The molecule has 6 aromatic rings. The highest BCUT2D eigenvalue weighted by molar-refractivity contribution is 7.99. The Morgan fingerprint density at radius 3 is 2.31 bits per heavy atom. The summed E-state index contributed by atoms with van der Waals surface area (Å²) in [5.41, 5.74) is 7.40. The van der Waals surface area contributed by atoms with Crippen molar-refractivity contribution in [3.63, 3.8) is 0 Å². The van der Waals surface area contributed by atoms with E-state index in [-0.39, 0.29) is 41.9 Å². The zero-order valence-corrected chi connectivity index (χ0v) is 29.2. The standard InChI is InChI=1S/C42H37N3O6S/c1-26-37(25-52-38-15-5-2-12-33(38)41(48)49)50-42(51-39(26)29-18-16-27(24-46)17-19-29)32-11-7-10-31(21-32)30-9-6-8-28(20-30)22-44-40(47)36-23-43-34-13-3-4-14-35(34)45-36/h2-21,23,26,37,39,42,46H,22,24-25H2,1H3,(H,44,47)(H,48,49)/t26-,37+,39+,42+/m1/s1. The van der Waals surface area contributed by atoms with Gasteiger partial charge in [-0.1, -0.05) is 91.9 Å². The lowest BCUT2D eigenvalue weighted by Gasteiger charge is -2.41. The number of carboxylic acid groups (broad SMARTS) is 1. The minimum Gasteiger partial charge on any atom is -0.478 e. The highest BCUT2D eigenvalue weighted by Gasteiger charge is 2.38. The molecule has 1 aliphatic heterocycles. The van der Waals surface area contributed by atoms with Crippen molar-refractivity contribution in [2.75, 3.05) is 5.75 Å². The van der Waals surface area contributed by atoms with Crippen LogP contribution in [-0.2, 0) is 22.6 Å². The van der Waals surface area contributed by atoms with Crippen LogP contribution in [0.1, 0.15) is 62.4 Å². The maximum atomic E-state index is 12.9. The van der Waals surface area contributed by atoms with Crippen LogP contribution in [0.5, 0.6) is 0 Å². The van der Waals surface area contributed by atoms with Crippen molar-refractivity contribution < 1.29 is 29.3 Å². The Hall–Kier alpha value is -5.39. The number of fused-ring (bicyclic) bond motifs is 1. The monoisotopic (exact) mass is 711 g/mol. The molecule has 10 heteroatoms. The molecule has 52 heavy (non-hydrogen) atoms. The summed E-state index contributed by atoms with van der Waals surface area (Å²) in [5, 5.41) is 22.3. The molecular weight excluding hydrogens is 675 g/mol. The molecule has 1 fully saturated rings. The number of nitrogens with one attached hydrogen (secondary N) is 1. The van der Waals surface area contributed by atoms with Gasteiger partial charge < -0.3 is 25.0 Å². The third-order valence-corrected chi connectivity index (χ3v) is 10.4. The van der Waals surface area contributed by atoms with Crippen LogP contribution in [0.15, 0.2) is 132 Å². The van der Waals surface area contributed by atoms with Gasteiger partial charge in [-0.3, -0.25) is 9.78 Å². The van der Waals surface area contributed by atoms with Crippen molar-refractivity contribution in [3.8, 4) is 11.1 Å². The van der Waals surface area contributed by atoms with E-state index in [4.69, 9.17) is 9.47 Å². The normalized spacial score (nSPS) is 18.6. The quantitative estimate of drug-likeness (QED) is 0.114. The Labute approximate surface area is 305 Å². The van der Waals surface area contributed by atoms with E-state index in [0.717, 1.165) is 38.9 Å². The molecule has 0 radical (unpaired) electrons. The number of rotatable bonds is 11. The van der Waals surface area contributed by atoms with Gasteiger partial charge in [0.25, 0.3) is 5.91 Å². The molecule has 4 atom stereocenters. The number of hydrogen-bond donors (Lipinski definition) is 3. The van der Waals surface area contributed by atoms with Crippen molar-refractivity contribution in [1.82, 2.24) is 15.3 Å². The summed E-state index contributed by atoms with van der Waals surface area (Å²) < 4.78 is 13.4. The lowest BCUT2D eigenvalue weighted by Crippen LogP contribution is -2.38. The predicted octanol–water partition coefficient (Wildman–Crippen LogP) is 8.00. The Balaban J connectivity index is 1.10. The first-order valence-electron chi connectivity index (χ1n) is 17.0. The number of aliphatic hydroxyl groups excluding tert-OH is 1. The topological polar surface area (TPSA) is 131 Å². The molecule has 9 nitrogen and oxygen atoms in total. The zero-order chi connectivity index (χ0) is 36.0. The zero-order valence-electron chi connectivity index (χ0n) is 28.4. The molecule has 1 aromatic heterocycles. The molecular formula is C42H37N3O6S. The van der Waals surface area contributed by atoms with Crippen molar-refractivity contribution in [1.29, 1.82) is 0 Å². The van der Waals surface area contributed by atoms with Gasteiger partial charge in [0.1, 0.15) is 5.69 Å². The number of benzene rings is 5. The highest BCUT2D eigenvalue weighted by Crippen LogP contribution is 2.43. The lowest BCUT2D eigenvalue weighted by atomic mass is 9.91. The number of thioether (sulfide) groups is 1. The summed E-state index contributed by atoms with van der Waals surface area (Å²) in [5.74, 6) is -0.803. The smallest absolute Gasteiger partial charge is 0.336 e. The largest absolute Gasteiger partial charge is 0.478 e. The Bertz CT molecular complexity index is 2210. The minimum atomic E-state index is -0.966. The van der Waals surface area contributed by atoms with E-state index in [1.165, 1.54) is 18.0 Å². The molecule has 0 unspecified atom stereocenters. The lowest BCUT2D eigenvalue weighted by molar-refractivity contribution is -0.268. The summed E-state index contributed by atoms with van der Waals surface area (Å²) in [4.78, 5) is 34.3. The number of hydrogen-bond acceptors (Lipinski definition) is 8. The second-order valence-electron chi connectivity index (χ2n) is 12.7. The Morgan fingerprint density at radius 1 is 0.788 bits per heavy atom. The number of ether oxygens (including phenoxy) is 2. The molecule has 7 rings (SSSR count). The molecule has 3 N–H and O–H groups in total. The molecule has 0 spiro atoms. The first kappa shape index (κ1) is 35.0. The average Bonchev–Trinajstić information content (AvgIpc) is 3.19.